The highest BCUT2D eigenvalue weighted by atomic mass is 35.5. The van der Waals surface area contributed by atoms with Crippen molar-refractivity contribution in [3.05, 3.63) is 94.0 Å². The van der Waals surface area contributed by atoms with E-state index in [1.54, 1.807) is 17.0 Å². The third kappa shape index (κ3) is 2.97. The van der Waals surface area contributed by atoms with Gasteiger partial charge in [-0.15, -0.1) is 0 Å². The summed E-state index contributed by atoms with van der Waals surface area (Å²) >= 11 is 12.0. The molecule has 0 saturated carbocycles. The average molecular weight is 369 g/mol. The second kappa shape index (κ2) is 6.43. The summed E-state index contributed by atoms with van der Waals surface area (Å²) in [6, 6.07) is 22.3. The van der Waals surface area contributed by atoms with Crippen molar-refractivity contribution >= 4 is 40.5 Å². The molecule has 0 unspecified atom stereocenters. The molecule has 0 aromatic heterocycles. The van der Waals surface area contributed by atoms with Crippen LogP contribution in [0.5, 0.6) is 0 Å². The van der Waals surface area contributed by atoms with Crippen LogP contribution in [-0.2, 0) is 0 Å². The van der Waals surface area contributed by atoms with E-state index in [1.165, 1.54) is 0 Å². The Labute approximate surface area is 155 Å². The fourth-order valence-corrected chi connectivity index (χ4v) is 3.28. The van der Waals surface area contributed by atoms with E-state index in [9.17, 15) is 4.79 Å². The number of anilines is 2. The molecular formula is C20H14Cl2N2O. The van der Waals surface area contributed by atoms with Crippen LogP contribution >= 0.6 is 23.2 Å². The summed E-state index contributed by atoms with van der Waals surface area (Å²) < 4.78 is 0. The van der Waals surface area contributed by atoms with Gasteiger partial charge in [-0.05, 0) is 54.6 Å². The number of halogens is 2. The zero-order valence-electron chi connectivity index (χ0n) is 13.1. The van der Waals surface area contributed by atoms with E-state index in [2.05, 4.69) is 5.32 Å². The topological polar surface area (TPSA) is 32.3 Å². The Morgan fingerprint density at radius 2 is 1.40 bits per heavy atom. The zero-order valence-corrected chi connectivity index (χ0v) is 14.6. The zero-order chi connectivity index (χ0) is 17.4. The second-order valence-electron chi connectivity index (χ2n) is 5.79. The lowest BCUT2D eigenvalue weighted by molar-refractivity contribution is 0.0993. The Morgan fingerprint density at radius 3 is 2.08 bits per heavy atom. The third-order valence-corrected chi connectivity index (χ3v) is 4.72. The molecule has 3 aromatic carbocycles. The smallest absolute Gasteiger partial charge is 0.260 e. The Balaban J connectivity index is 1.77. The van der Waals surface area contributed by atoms with Crippen molar-refractivity contribution in [1.82, 2.24) is 0 Å². The molecule has 1 aliphatic heterocycles. The molecule has 1 atom stereocenters. The molecule has 1 heterocycles. The normalized spacial score (nSPS) is 16.0. The van der Waals surface area contributed by atoms with Crippen molar-refractivity contribution in [3.63, 3.8) is 0 Å². The molecule has 0 fully saturated rings. The van der Waals surface area contributed by atoms with E-state index in [1.807, 2.05) is 60.7 Å². The second-order valence-corrected chi connectivity index (χ2v) is 6.67. The minimum absolute atomic E-state index is 0.0376. The summed E-state index contributed by atoms with van der Waals surface area (Å²) in [5.74, 6) is -0.0376. The van der Waals surface area contributed by atoms with Gasteiger partial charge < -0.3 is 5.32 Å². The van der Waals surface area contributed by atoms with Crippen molar-refractivity contribution < 1.29 is 4.79 Å². The molecule has 1 aliphatic rings. The number of nitrogens with one attached hydrogen (secondary N) is 1. The summed E-state index contributed by atoms with van der Waals surface area (Å²) in [6.45, 7) is 0. The lowest BCUT2D eigenvalue weighted by Gasteiger charge is -2.27. The Kier molecular flexibility index (Phi) is 4.12. The Bertz CT molecular complexity index is 923. The number of amides is 1. The van der Waals surface area contributed by atoms with Crippen molar-refractivity contribution in [1.29, 1.82) is 0 Å². The number of rotatable bonds is 3. The maximum absolute atomic E-state index is 13.0. The number of carbonyl (C=O) groups excluding carboxylic acids is 1. The summed E-state index contributed by atoms with van der Waals surface area (Å²) in [7, 11) is 0. The number of carbonyl (C=O) groups is 1. The lowest BCUT2D eigenvalue weighted by atomic mass is 10.1. The van der Waals surface area contributed by atoms with E-state index < -0.39 is 0 Å². The van der Waals surface area contributed by atoms with E-state index in [0.29, 0.717) is 15.6 Å². The predicted molar refractivity (Wildman–Crippen MR) is 103 cm³/mol. The van der Waals surface area contributed by atoms with Crippen molar-refractivity contribution in [2.75, 3.05) is 10.2 Å². The number of hydrogen-bond acceptors (Lipinski definition) is 2. The molecule has 124 valence electrons. The number of benzene rings is 3. The highest BCUT2D eigenvalue weighted by Crippen LogP contribution is 2.38. The maximum Gasteiger partial charge on any atom is 0.260 e. The summed E-state index contributed by atoms with van der Waals surface area (Å²) in [6.07, 6.45) is -0.300. The molecule has 0 saturated heterocycles. The highest BCUT2D eigenvalue weighted by molar-refractivity contribution is 6.31. The molecule has 0 aliphatic carbocycles. The molecule has 1 amide bonds. The quantitative estimate of drug-likeness (QED) is 0.636. The van der Waals surface area contributed by atoms with Gasteiger partial charge in [0.05, 0.1) is 0 Å². The molecule has 3 aromatic rings. The molecule has 25 heavy (non-hydrogen) atoms. The van der Waals surface area contributed by atoms with Gasteiger partial charge in [0.15, 0.2) is 0 Å². The van der Waals surface area contributed by atoms with Crippen LogP contribution in [0.1, 0.15) is 22.1 Å². The van der Waals surface area contributed by atoms with Crippen LogP contribution in [0.4, 0.5) is 11.4 Å². The van der Waals surface area contributed by atoms with Crippen LogP contribution in [0.3, 0.4) is 0 Å². The average Bonchev–Trinajstić information content (AvgIpc) is 2.90. The van der Waals surface area contributed by atoms with Crippen molar-refractivity contribution in [3.8, 4) is 0 Å². The molecule has 3 nitrogen and oxygen atoms in total. The molecular weight excluding hydrogens is 355 g/mol. The predicted octanol–water partition coefficient (Wildman–Crippen LogP) is 5.76. The minimum atomic E-state index is -0.300. The fourth-order valence-electron chi connectivity index (χ4n) is 3.03. The number of nitrogens with zero attached hydrogens (tertiary/aromatic N) is 1. The van der Waals surface area contributed by atoms with Gasteiger partial charge in [-0.3, -0.25) is 9.69 Å². The first-order valence-electron chi connectivity index (χ1n) is 7.83. The highest BCUT2D eigenvalue weighted by Gasteiger charge is 2.37. The Hall–Kier alpha value is -2.49. The standard InChI is InChI=1S/C20H14Cl2N2O/c21-13-5-9-15(10-6-13)23-19-17-3-1-2-4-18(17)20(25)24(19)16-11-7-14(22)8-12-16/h1-12,19,23H/t19-/m1/s1. The van der Waals surface area contributed by atoms with Crippen LogP contribution in [0.25, 0.3) is 0 Å². The lowest BCUT2D eigenvalue weighted by Crippen LogP contribution is -2.32. The fraction of sp³-hybridized carbons (Fsp3) is 0.0500. The van der Waals surface area contributed by atoms with E-state index in [-0.39, 0.29) is 12.1 Å². The van der Waals surface area contributed by atoms with Gasteiger partial charge >= 0.3 is 0 Å². The minimum Gasteiger partial charge on any atom is -0.361 e. The first-order chi connectivity index (χ1) is 12.1. The molecule has 0 bridgehead atoms. The summed E-state index contributed by atoms with van der Waals surface area (Å²) in [5, 5.41) is 4.74. The summed E-state index contributed by atoms with van der Waals surface area (Å²) in [4.78, 5) is 14.7. The third-order valence-electron chi connectivity index (χ3n) is 4.22. The van der Waals surface area contributed by atoms with Crippen LogP contribution in [0.2, 0.25) is 10.0 Å². The first kappa shape index (κ1) is 16.0. The molecule has 0 radical (unpaired) electrons. The van der Waals surface area contributed by atoms with Crippen LogP contribution in [0.15, 0.2) is 72.8 Å². The van der Waals surface area contributed by atoms with Gasteiger partial charge in [0, 0.05) is 32.5 Å². The van der Waals surface area contributed by atoms with E-state index in [4.69, 9.17) is 23.2 Å². The van der Waals surface area contributed by atoms with Gasteiger partial charge in [0.2, 0.25) is 0 Å². The molecule has 1 N–H and O–H groups in total. The van der Waals surface area contributed by atoms with E-state index >= 15 is 0 Å². The SMILES string of the molecule is O=C1c2ccccc2[C@H](Nc2ccc(Cl)cc2)N1c1ccc(Cl)cc1. The first-order valence-corrected chi connectivity index (χ1v) is 8.59. The van der Waals surface area contributed by atoms with Gasteiger partial charge in [-0.1, -0.05) is 41.4 Å². The molecule has 0 spiro atoms. The Morgan fingerprint density at radius 1 is 0.800 bits per heavy atom. The van der Waals surface area contributed by atoms with Crippen LogP contribution in [-0.4, -0.2) is 5.91 Å². The molecule has 4 rings (SSSR count). The number of fused-ring (bicyclic) bond motifs is 1. The maximum atomic E-state index is 13.0. The summed E-state index contributed by atoms with van der Waals surface area (Å²) in [5.41, 5.74) is 3.32. The largest absolute Gasteiger partial charge is 0.361 e. The monoisotopic (exact) mass is 368 g/mol. The van der Waals surface area contributed by atoms with Crippen LogP contribution in [0, 0.1) is 0 Å². The van der Waals surface area contributed by atoms with Gasteiger partial charge in [0.25, 0.3) is 5.91 Å². The van der Waals surface area contributed by atoms with Crippen molar-refractivity contribution in [2.24, 2.45) is 0 Å². The number of hydrogen-bond donors (Lipinski definition) is 1. The van der Waals surface area contributed by atoms with E-state index in [0.717, 1.165) is 16.9 Å². The van der Waals surface area contributed by atoms with Crippen molar-refractivity contribution in [2.45, 2.75) is 6.17 Å². The van der Waals surface area contributed by atoms with Gasteiger partial charge in [-0.25, -0.2) is 0 Å². The van der Waals surface area contributed by atoms with Crippen LogP contribution < -0.4 is 10.2 Å². The molecule has 5 heteroatoms. The van der Waals surface area contributed by atoms with Gasteiger partial charge in [-0.2, -0.15) is 0 Å². The van der Waals surface area contributed by atoms with Gasteiger partial charge in [0.1, 0.15) is 6.17 Å².